The highest BCUT2D eigenvalue weighted by molar-refractivity contribution is 5.90. The molecule has 156 valence electrons. The van der Waals surface area contributed by atoms with Gasteiger partial charge in [0.25, 0.3) is 0 Å². The third kappa shape index (κ3) is 3.47. The number of rotatable bonds is 5. The molecule has 0 bridgehead atoms. The van der Waals surface area contributed by atoms with E-state index in [0.717, 1.165) is 35.1 Å². The van der Waals surface area contributed by atoms with Crippen molar-refractivity contribution in [1.29, 1.82) is 0 Å². The van der Waals surface area contributed by atoms with Gasteiger partial charge in [-0.3, -0.25) is 0 Å². The summed E-state index contributed by atoms with van der Waals surface area (Å²) in [6, 6.07) is 11.4. The van der Waals surface area contributed by atoms with E-state index in [2.05, 4.69) is 24.0 Å². The van der Waals surface area contributed by atoms with Gasteiger partial charge in [-0.15, -0.1) is 0 Å². The summed E-state index contributed by atoms with van der Waals surface area (Å²) in [5, 5.41) is 20.7. The fourth-order valence-electron chi connectivity index (χ4n) is 4.88. The molecule has 3 N–H and O–H groups in total. The number of aromatic amines is 1. The van der Waals surface area contributed by atoms with Gasteiger partial charge in [0.1, 0.15) is 11.9 Å². The number of aromatic carboxylic acids is 1. The molecule has 2 fully saturated rings. The van der Waals surface area contributed by atoms with Gasteiger partial charge in [0.05, 0.1) is 17.2 Å². The third-order valence-corrected chi connectivity index (χ3v) is 6.65. The summed E-state index contributed by atoms with van der Waals surface area (Å²) in [6.07, 6.45) is 6.08. The van der Waals surface area contributed by atoms with Gasteiger partial charge >= 0.3 is 5.97 Å². The molecule has 5 rings (SSSR count). The zero-order chi connectivity index (χ0) is 20.8. The number of aromatic nitrogens is 1. The zero-order valence-electron chi connectivity index (χ0n) is 17.1. The lowest BCUT2D eigenvalue weighted by Gasteiger charge is -2.35. The van der Waals surface area contributed by atoms with Crippen LogP contribution in [0.15, 0.2) is 42.6 Å². The Morgan fingerprint density at radius 3 is 2.57 bits per heavy atom. The lowest BCUT2D eigenvalue weighted by atomic mass is 9.80. The van der Waals surface area contributed by atoms with Crippen molar-refractivity contribution < 1.29 is 19.7 Å². The first-order valence-electron chi connectivity index (χ1n) is 10.8. The molecule has 2 saturated carbocycles. The third-order valence-electron chi connectivity index (χ3n) is 6.65. The summed E-state index contributed by atoms with van der Waals surface area (Å²) in [4.78, 5) is 14.6. The maximum absolute atomic E-state index is 11.2. The van der Waals surface area contributed by atoms with Gasteiger partial charge in [0.2, 0.25) is 0 Å². The second-order valence-corrected chi connectivity index (χ2v) is 8.81. The first-order chi connectivity index (χ1) is 14.5. The van der Waals surface area contributed by atoms with E-state index in [1.54, 1.807) is 12.1 Å². The second kappa shape index (κ2) is 7.47. The fourth-order valence-corrected chi connectivity index (χ4v) is 4.88. The summed E-state index contributed by atoms with van der Waals surface area (Å²) in [5.41, 5.74) is 4.95. The lowest BCUT2D eigenvalue weighted by Crippen LogP contribution is -2.34. The molecular formula is C25H27NO4. The molecule has 0 unspecified atom stereocenters. The Hall–Kier alpha value is -2.79. The Morgan fingerprint density at radius 2 is 1.87 bits per heavy atom. The predicted octanol–water partition coefficient (Wildman–Crippen LogP) is 5.13. The Bertz CT molecular complexity index is 1080. The van der Waals surface area contributed by atoms with E-state index in [-0.39, 0.29) is 23.7 Å². The minimum absolute atomic E-state index is 0.0268. The van der Waals surface area contributed by atoms with Crippen LogP contribution in [0.4, 0.5) is 0 Å². The van der Waals surface area contributed by atoms with Crippen molar-refractivity contribution in [2.45, 2.75) is 63.1 Å². The highest BCUT2D eigenvalue weighted by atomic mass is 16.5. The smallest absolute Gasteiger partial charge is 0.335 e. The largest absolute Gasteiger partial charge is 0.489 e. The summed E-state index contributed by atoms with van der Waals surface area (Å²) in [6.45, 7) is 2.14. The number of fused-ring (bicyclic) bond motifs is 1. The van der Waals surface area contributed by atoms with Crippen LogP contribution in [0, 0.1) is 6.92 Å². The molecule has 0 amide bonds. The maximum Gasteiger partial charge on any atom is 0.335 e. The summed E-state index contributed by atoms with van der Waals surface area (Å²) < 4.78 is 6.76. The molecule has 5 nitrogen and oxygen atoms in total. The van der Waals surface area contributed by atoms with Crippen LogP contribution in [0.3, 0.4) is 0 Å². The van der Waals surface area contributed by atoms with Crippen LogP contribution in [0.25, 0.3) is 10.9 Å². The van der Waals surface area contributed by atoms with Crippen LogP contribution < -0.4 is 4.74 Å². The standard InChI is InChI=1S/C25H27NO4/c1-14-12-21(16-2-3-16)24(19-10-11-26-23(14)19)30-22-9-8-18(27)13-20(22)15-4-6-17(7-5-15)25(28)29/h4-7,10-12,16,18,20,22,26-27H,2-3,8-9,13H2,1H3,(H,28,29)/t18-,20-,22+/m0/s1. The van der Waals surface area contributed by atoms with E-state index in [1.807, 2.05) is 18.3 Å². The zero-order valence-corrected chi connectivity index (χ0v) is 17.1. The molecule has 5 heteroatoms. The van der Waals surface area contributed by atoms with E-state index in [9.17, 15) is 15.0 Å². The van der Waals surface area contributed by atoms with Crippen molar-refractivity contribution >= 4 is 16.9 Å². The van der Waals surface area contributed by atoms with Crippen molar-refractivity contribution in [3.8, 4) is 5.75 Å². The molecule has 2 aliphatic carbocycles. The Kier molecular flexibility index (Phi) is 4.78. The normalized spacial score (nSPS) is 24.1. The molecule has 3 atom stereocenters. The number of aryl methyl sites for hydroxylation is 1. The summed E-state index contributed by atoms with van der Waals surface area (Å²) >= 11 is 0. The number of ether oxygens (including phenoxy) is 1. The molecule has 30 heavy (non-hydrogen) atoms. The number of benzene rings is 2. The van der Waals surface area contributed by atoms with E-state index in [0.29, 0.717) is 12.3 Å². The van der Waals surface area contributed by atoms with Gasteiger partial charge in [-0.05, 0) is 79.8 Å². The molecule has 0 spiro atoms. The van der Waals surface area contributed by atoms with E-state index < -0.39 is 5.97 Å². The van der Waals surface area contributed by atoms with Crippen molar-refractivity contribution in [2.24, 2.45) is 0 Å². The van der Waals surface area contributed by atoms with Crippen molar-refractivity contribution in [1.82, 2.24) is 4.98 Å². The number of H-pyrrole nitrogens is 1. The number of carbonyl (C=O) groups is 1. The Labute approximate surface area is 175 Å². The highest BCUT2D eigenvalue weighted by Crippen LogP contribution is 2.49. The van der Waals surface area contributed by atoms with Crippen molar-refractivity contribution in [2.75, 3.05) is 0 Å². The minimum Gasteiger partial charge on any atom is -0.489 e. The van der Waals surface area contributed by atoms with Crippen LogP contribution in [0.1, 0.15) is 71.0 Å². The van der Waals surface area contributed by atoms with Crippen LogP contribution >= 0.6 is 0 Å². The molecule has 0 aliphatic heterocycles. The lowest BCUT2D eigenvalue weighted by molar-refractivity contribution is 0.0489. The Morgan fingerprint density at radius 1 is 1.10 bits per heavy atom. The number of hydrogen-bond donors (Lipinski definition) is 3. The highest BCUT2D eigenvalue weighted by Gasteiger charge is 2.35. The minimum atomic E-state index is -0.929. The molecule has 0 radical (unpaired) electrons. The molecular weight excluding hydrogens is 378 g/mol. The number of carboxylic acids is 1. The summed E-state index contributed by atoms with van der Waals surface area (Å²) in [5.74, 6) is 0.647. The first kappa shape index (κ1) is 19.2. The maximum atomic E-state index is 11.2. The molecule has 1 heterocycles. The molecule has 2 aromatic carbocycles. The molecule has 3 aromatic rings. The van der Waals surface area contributed by atoms with Crippen LogP contribution in [-0.2, 0) is 0 Å². The number of nitrogens with one attached hydrogen (secondary N) is 1. The second-order valence-electron chi connectivity index (χ2n) is 8.81. The van der Waals surface area contributed by atoms with Crippen LogP contribution in [-0.4, -0.2) is 33.4 Å². The van der Waals surface area contributed by atoms with Crippen molar-refractivity contribution in [3.05, 3.63) is 64.8 Å². The van der Waals surface area contributed by atoms with Gasteiger partial charge in [0, 0.05) is 17.5 Å². The van der Waals surface area contributed by atoms with Gasteiger partial charge in [-0.2, -0.15) is 0 Å². The van der Waals surface area contributed by atoms with Gasteiger partial charge in [0.15, 0.2) is 0 Å². The SMILES string of the molecule is Cc1cc(C2CC2)c(O[C@@H]2CC[C@H](O)C[C@H]2c2ccc(C(=O)O)cc2)c2cc[nH]c12. The average molecular weight is 405 g/mol. The first-order valence-corrected chi connectivity index (χ1v) is 10.8. The monoisotopic (exact) mass is 405 g/mol. The fraction of sp³-hybridized carbons (Fsp3) is 0.400. The van der Waals surface area contributed by atoms with Crippen LogP contribution in [0.2, 0.25) is 0 Å². The number of carboxylic acid groups (broad SMARTS) is 1. The summed E-state index contributed by atoms with van der Waals surface area (Å²) in [7, 11) is 0. The Balaban J connectivity index is 1.51. The van der Waals surface area contributed by atoms with Crippen LogP contribution in [0.5, 0.6) is 5.75 Å². The number of aliphatic hydroxyl groups excluding tert-OH is 1. The van der Waals surface area contributed by atoms with Gasteiger partial charge < -0.3 is 19.9 Å². The molecule has 1 aromatic heterocycles. The number of aliphatic hydroxyl groups is 1. The molecule has 2 aliphatic rings. The quantitative estimate of drug-likeness (QED) is 0.550. The van der Waals surface area contributed by atoms with Gasteiger partial charge in [-0.25, -0.2) is 4.79 Å². The van der Waals surface area contributed by atoms with E-state index in [4.69, 9.17) is 4.74 Å². The number of hydrogen-bond acceptors (Lipinski definition) is 3. The van der Waals surface area contributed by atoms with Gasteiger partial charge in [-0.1, -0.05) is 18.2 Å². The van der Waals surface area contributed by atoms with E-state index >= 15 is 0 Å². The molecule has 0 saturated heterocycles. The average Bonchev–Trinajstić information content (AvgIpc) is 3.46. The van der Waals surface area contributed by atoms with Crippen molar-refractivity contribution in [3.63, 3.8) is 0 Å². The van der Waals surface area contributed by atoms with E-state index in [1.165, 1.54) is 24.0 Å². The predicted molar refractivity (Wildman–Crippen MR) is 115 cm³/mol. The topological polar surface area (TPSA) is 82.6 Å².